The SMILES string of the molecule is Cc1ccc2c(CNCc3ccc(Cl)cc3)c(C(=O)O)n(Cc3ccccc3C)c2c1. The number of hydrogen-bond acceptors (Lipinski definition) is 2. The second-order valence-corrected chi connectivity index (χ2v) is 8.33. The van der Waals surface area contributed by atoms with Crippen molar-refractivity contribution in [2.75, 3.05) is 0 Å². The Hall–Kier alpha value is -3.08. The molecule has 4 aromatic rings. The van der Waals surface area contributed by atoms with Gasteiger partial charge in [-0.1, -0.05) is 60.1 Å². The molecule has 31 heavy (non-hydrogen) atoms. The molecule has 0 spiro atoms. The summed E-state index contributed by atoms with van der Waals surface area (Å²) < 4.78 is 1.94. The highest BCUT2D eigenvalue weighted by Crippen LogP contribution is 2.29. The van der Waals surface area contributed by atoms with Gasteiger partial charge in [0, 0.05) is 41.1 Å². The standard InChI is InChI=1S/C26H25ClN2O2/c1-17-7-12-22-23(15-28-14-19-8-10-21(27)11-9-19)25(26(30)31)29(24(22)13-17)16-20-6-4-3-5-18(20)2/h3-13,28H,14-16H2,1-2H3,(H,30,31). The molecule has 4 rings (SSSR count). The van der Waals surface area contributed by atoms with Gasteiger partial charge < -0.3 is 15.0 Å². The van der Waals surface area contributed by atoms with E-state index in [0.29, 0.717) is 30.4 Å². The van der Waals surface area contributed by atoms with Gasteiger partial charge in [-0.25, -0.2) is 4.79 Å². The van der Waals surface area contributed by atoms with Crippen molar-refractivity contribution in [3.05, 3.63) is 105 Å². The Morgan fingerprint density at radius 3 is 2.45 bits per heavy atom. The number of carboxylic acid groups (broad SMARTS) is 1. The molecule has 4 nitrogen and oxygen atoms in total. The van der Waals surface area contributed by atoms with Crippen molar-refractivity contribution in [3.8, 4) is 0 Å². The van der Waals surface area contributed by atoms with Crippen LogP contribution in [0.4, 0.5) is 0 Å². The summed E-state index contributed by atoms with van der Waals surface area (Å²) in [6.45, 7) is 5.70. The van der Waals surface area contributed by atoms with Gasteiger partial charge in [0.2, 0.25) is 0 Å². The molecule has 0 saturated heterocycles. The van der Waals surface area contributed by atoms with E-state index in [-0.39, 0.29) is 0 Å². The largest absolute Gasteiger partial charge is 0.477 e. The van der Waals surface area contributed by atoms with E-state index in [1.54, 1.807) is 0 Å². The van der Waals surface area contributed by atoms with Gasteiger partial charge in [-0.3, -0.25) is 0 Å². The predicted octanol–water partition coefficient (Wildman–Crippen LogP) is 5.95. The number of carboxylic acids is 1. The maximum atomic E-state index is 12.4. The number of aromatic nitrogens is 1. The number of halogens is 1. The van der Waals surface area contributed by atoms with Gasteiger partial charge in [0.25, 0.3) is 0 Å². The first-order chi connectivity index (χ1) is 14.9. The van der Waals surface area contributed by atoms with Gasteiger partial charge in [0.05, 0.1) is 0 Å². The summed E-state index contributed by atoms with van der Waals surface area (Å²) in [7, 11) is 0. The summed E-state index contributed by atoms with van der Waals surface area (Å²) in [6.07, 6.45) is 0. The molecule has 158 valence electrons. The van der Waals surface area contributed by atoms with E-state index in [4.69, 9.17) is 11.6 Å². The molecule has 0 aliphatic heterocycles. The molecule has 0 radical (unpaired) electrons. The lowest BCUT2D eigenvalue weighted by Gasteiger charge is -2.12. The zero-order valence-electron chi connectivity index (χ0n) is 17.7. The van der Waals surface area contributed by atoms with Gasteiger partial charge in [-0.15, -0.1) is 0 Å². The molecular weight excluding hydrogens is 408 g/mol. The number of hydrogen-bond donors (Lipinski definition) is 2. The van der Waals surface area contributed by atoms with Crippen LogP contribution >= 0.6 is 11.6 Å². The first-order valence-electron chi connectivity index (χ1n) is 10.3. The van der Waals surface area contributed by atoms with E-state index in [2.05, 4.69) is 30.4 Å². The first kappa shape index (κ1) is 21.2. The summed E-state index contributed by atoms with van der Waals surface area (Å²) in [6, 6.07) is 21.9. The van der Waals surface area contributed by atoms with Crippen LogP contribution in [-0.2, 0) is 19.6 Å². The molecule has 0 fully saturated rings. The van der Waals surface area contributed by atoms with Crippen LogP contribution in [0.5, 0.6) is 0 Å². The summed E-state index contributed by atoms with van der Waals surface area (Å²) in [5, 5.41) is 15.2. The molecule has 0 bridgehead atoms. The zero-order chi connectivity index (χ0) is 22.0. The normalized spacial score (nSPS) is 11.2. The molecule has 0 unspecified atom stereocenters. The number of rotatable bonds is 7. The van der Waals surface area contributed by atoms with Gasteiger partial charge in [-0.05, 0) is 54.3 Å². The Morgan fingerprint density at radius 1 is 1.00 bits per heavy atom. The van der Waals surface area contributed by atoms with Crippen molar-refractivity contribution >= 4 is 28.5 Å². The molecule has 0 saturated carbocycles. The van der Waals surface area contributed by atoms with E-state index in [1.165, 1.54) is 0 Å². The topological polar surface area (TPSA) is 54.3 Å². The Bertz CT molecular complexity index is 1240. The molecule has 1 aromatic heterocycles. The second kappa shape index (κ2) is 8.96. The van der Waals surface area contributed by atoms with Crippen molar-refractivity contribution in [1.82, 2.24) is 9.88 Å². The van der Waals surface area contributed by atoms with E-state index >= 15 is 0 Å². The quantitative estimate of drug-likeness (QED) is 0.379. The molecular formula is C26H25ClN2O2. The fourth-order valence-electron chi connectivity index (χ4n) is 4.01. The van der Waals surface area contributed by atoms with Crippen molar-refractivity contribution in [1.29, 1.82) is 0 Å². The molecule has 0 aliphatic carbocycles. The number of nitrogens with zero attached hydrogens (tertiary/aromatic N) is 1. The number of carbonyl (C=O) groups is 1. The lowest BCUT2D eigenvalue weighted by Crippen LogP contribution is -2.17. The smallest absolute Gasteiger partial charge is 0.352 e. The average molecular weight is 433 g/mol. The second-order valence-electron chi connectivity index (χ2n) is 7.90. The summed E-state index contributed by atoms with van der Waals surface area (Å²) in [5.41, 5.74) is 6.57. The van der Waals surface area contributed by atoms with E-state index < -0.39 is 5.97 Å². The summed E-state index contributed by atoms with van der Waals surface area (Å²) in [5.74, 6) is -0.911. The predicted molar refractivity (Wildman–Crippen MR) is 126 cm³/mol. The van der Waals surface area contributed by atoms with Crippen molar-refractivity contribution in [2.24, 2.45) is 0 Å². The minimum atomic E-state index is -0.911. The van der Waals surface area contributed by atoms with Crippen LogP contribution in [-0.4, -0.2) is 15.6 Å². The monoisotopic (exact) mass is 432 g/mol. The third-order valence-corrected chi connectivity index (χ3v) is 5.91. The lowest BCUT2D eigenvalue weighted by molar-refractivity contribution is 0.0684. The highest BCUT2D eigenvalue weighted by atomic mass is 35.5. The molecule has 5 heteroatoms. The van der Waals surface area contributed by atoms with Crippen LogP contribution in [0.2, 0.25) is 5.02 Å². The van der Waals surface area contributed by atoms with Gasteiger partial charge >= 0.3 is 5.97 Å². The van der Waals surface area contributed by atoms with Crippen LogP contribution in [0, 0.1) is 13.8 Å². The molecule has 3 aromatic carbocycles. The van der Waals surface area contributed by atoms with Crippen molar-refractivity contribution in [2.45, 2.75) is 33.5 Å². The Balaban J connectivity index is 1.73. The number of aryl methyl sites for hydroxylation is 2. The maximum Gasteiger partial charge on any atom is 0.352 e. The highest BCUT2D eigenvalue weighted by Gasteiger charge is 2.22. The van der Waals surface area contributed by atoms with Crippen LogP contribution in [0.1, 0.15) is 38.3 Å². The molecule has 0 aliphatic rings. The number of benzene rings is 3. The summed E-state index contributed by atoms with van der Waals surface area (Å²) >= 11 is 5.97. The average Bonchev–Trinajstić information content (AvgIpc) is 3.04. The Morgan fingerprint density at radius 2 is 1.74 bits per heavy atom. The van der Waals surface area contributed by atoms with Gasteiger partial charge in [0.1, 0.15) is 5.69 Å². The van der Waals surface area contributed by atoms with Crippen LogP contribution in [0.15, 0.2) is 66.7 Å². The van der Waals surface area contributed by atoms with Crippen molar-refractivity contribution < 1.29 is 9.90 Å². The van der Waals surface area contributed by atoms with Crippen molar-refractivity contribution in [3.63, 3.8) is 0 Å². The lowest BCUT2D eigenvalue weighted by atomic mass is 10.1. The van der Waals surface area contributed by atoms with E-state index in [9.17, 15) is 9.90 Å². The molecule has 1 heterocycles. The molecule has 0 amide bonds. The van der Waals surface area contributed by atoms with Gasteiger partial charge in [-0.2, -0.15) is 0 Å². The third kappa shape index (κ3) is 4.50. The minimum Gasteiger partial charge on any atom is -0.477 e. The Kier molecular flexibility index (Phi) is 6.12. The maximum absolute atomic E-state index is 12.4. The number of fused-ring (bicyclic) bond motifs is 1. The fraction of sp³-hybridized carbons (Fsp3) is 0.192. The van der Waals surface area contributed by atoms with E-state index in [1.807, 2.05) is 60.0 Å². The van der Waals surface area contributed by atoms with Crippen LogP contribution in [0.3, 0.4) is 0 Å². The molecule has 2 N–H and O–H groups in total. The minimum absolute atomic E-state index is 0.340. The summed E-state index contributed by atoms with van der Waals surface area (Å²) in [4.78, 5) is 12.4. The molecule has 0 atom stereocenters. The highest BCUT2D eigenvalue weighted by molar-refractivity contribution is 6.30. The third-order valence-electron chi connectivity index (χ3n) is 5.66. The van der Waals surface area contributed by atoms with Gasteiger partial charge in [0.15, 0.2) is 0 Å². The first-order valence-corrected chi connectivity index (χ1v) is 10.7. The van der Waals surface area contributed by atoms with E-state index in [0.717, 1.165) is 38.7 Å². The van der Waals surface area contributed by atoms with Crippen LogP contribution < -0.4 is 5.32 Å². The fourth-order valence-corrected chi connectivity index (χ4v) is 4.14. The van der Waals surface area contributed by atoms with Crippen LogP contribution in [0.25, 0.3) is 10.9 Å². The number of aromatic carboxylic acids is 1. The Labute approximate surface area is 187 Å². The number of nitrogens with one attached hydrogen (secondary N) is 1. The zero-order valence-corrected chi connectivity index (χ0v) is 18.4.